The molecule has 2 rings (SSSR count). The molecule has 0 aliphatic rings. The maximum atomic E-state index is 14.7. The molecule has 2 aromatic carbocycles. The Bertz CT molecular complexity index is 1850. The highest BCUT2D eigenvalue weighted by molar-refractivity contribution is 5.97. The molecule has 2 aromatic rings. The second kappa shape index (κ2) is 25.8. The minimum Gasteiger partial charge on any atom is -0.394 e. The number of hydrogen-bond donors (Lipinski definition) is 6. The Labute approximate surface area is 374 Å². The van der Waals surface area contributed by atoms with Crippen LogP contribution >= 0.6 is 0 Å². The van der Waals surface area contributed by atoms with Crippen LogP contribution in [0.25, 0.3) is 0 Å². The molecule has 0 saturated heterocycles. The van der Waals surface area contributed by atoms with Gasteiger partial charge in [0.1, 0.15) is 36.5 Å². The number of benzene rings is 2. The van der Waals surface area contributed by atoms with E-state index in [9.17, 15) is 51.8 Å². The highest BCUT2D eigenvalue weighted by atomic mass is 19.4. The molecule has 0 saturated carbocycles. The van der Waals surface area contributed by atoms with Gasteiger partial charge in [0.15, 0.2) is 0 Å². The van der Waals surface area contributed by atoms with Gasteiger partial charge in [-0.25, -0.2) is 0 Å². The number of nitrogens with zero attached hydrogens (tertiary/aromatic N) is 1. The Kier molecular flexibility index (Phi) is 22.1. The third-order valence-electron chi connectivity index (χ3n) is 10.6. The molecule has 0 spiro atoms. The van der Waals surface area contributed by atoms with Crippen molar-refractivity contribution >= 4 is 41.7 Å². The second-order valence-electron chi connectivity index (χ2n) is 17.5. The van der Waals surface area contributed by atoms with E-state index in [2.05, 4.69) is 26.6 Å². The number of carbonyl (C=O) groups excluding carboxylic acids is 7. The fraction of sp³-hybridized carbons (Fsp3) is 0.587. The third kappa shape index (κ3) is 18.0. The van der Waals surface area contributed by atoms with E-state index in [4.69, 9.17) is 4.74 Å². The van der Waals surface area contributed by atoms with E-state index in [-0.39, 0.29) is 31.7 Å². The van der Waals surface area contributed by atoms with E-state index < -0.39 is 109 Å². The molecule has 18 heteroatoms. The zero-order valence-electron chi connectivity index (χ0n) is 38.3. The summed E-state index contributed by atoms with van der Waals surface area (Å²) in [5.74, 6) is -5.45. The number of amides is 6. The maximum absolute atomic E-state index is 14.7. The first-order valence-electron chi connectivity index (χ1n) is 21.5. The zero-order valence-corrected chi connectivity index (χ0v) is 38.3. The first-order chi connectivity index (χ1) is 30.0. The van der Waals surface area contributed by atoms with Crippen molar-refractivity contribution in [1.29, 1.82) is 0 Å². The van der Waals surface area contributed by atoms with Crippen LogP contribution in [0.2, 0.25) is 0 Å². The summed E-state index contributed by atoms with van der Waals surface area (Å²) in [6.45, 7) is 12.7. The number of hydrogen-bond acceptors (Lipinski definition) is 9. The van der Waals surface area contributed by atoms with Crippen molar-refractivity contribution in [1.82, 2.24) is 31.5 Å². The highest BCUT2D eigenvalue weighted by Crippen LogP contribution is 2.26. The lowest BCUT2D eigenvalue weighted by Gasteiger charge is -2.39. The van der Waals surface area contributed by atoms with Crippen LogP contribution in [0.4, 0.5) is 13.2 Å². The molecule has 6 amide bonds. The first kappa shape index (κ1) is 54.8. The van der Waals surface area contributed by atoms with Crippen LogP contribution in [-0.2, 0) is 51.3 Å². The number of carbonyl (C=O) groups is 7. The van der Waals surface area contributed by atoms with Gasteiger partial charge in [0.05, 0.1) is 32.3 Å². The van der Waals surface area contributed by atoms with Gasteiger partial charge in [-0.15, -0.1) is 0 Å². The van der Waals surface area contributed by atoms with Gasteiger partial charge in [0.25, 0.3) is 0 Å². The van der Waals surface area contributed by atoms with Gasteiger partial charge in [0.2, 0.25) is 35.4 Å². The van der Waals surface area contributed by atoms with Crippen LogP contribution in [0.3, 0.4) is 0 Å². The SMILES string of the molecule is CCC(CC)C(=O)N[C@@H](CO)C(=O)N[C@H](COCc1ccccc1)C(=O)N[C@@H](Cc1ccccc1C)C(=O)N(C)[C@H](C(=O)N[C@@H](CC(C)C)C(=O)NC(C=O)CC(F)(F)F)C(C)(C)C. The van der Waals surface area contributed by atoms with E-state index in [0.717, 1.165) is 16.0 Å². The molecule has 356 valence electrons. The molecule has 0 radical (unpaired) electrons. The number of alkyl halides is 3. The summed E-state index contributed by atoms with van der Waals surface area (Å²) in [5.41, 5.74) is 1.16. The lowest BCUT2D eigenvalue weighted by molar-refractivity contribution is -0.148. The smallest absolute Gasteiger partial charge is 0.391 e. The predicted octanol–water partition coefficient (Wildman–Crippen LogP) is 3.68. The summed E-state index contributed by atoms with van der Waals surface area (Å²) < 4.78 is 45.3. The van der Waals surface area contributed by atoms with Crippen molar-refractivity contribution in [3.8, 4) is 0 Å². The molecule has 0 heterocycles. The number of aryl methyl sites for hydroxylation is 1. The van der Waals surface area contributed by atoms with E-state index in [1.165, 1.54) is 7.05 Å². The van der Waals surface area contributed by atoms with Gasteiger partial charge in [-0.3, -0.25) is 28.8 Å². The number of ether oxygens (including phenoxy) is 1. The Balaban J connectivity index is 2.55. The van der Waals surface area contributed by atoms with Gasteiger partial charge in [0, 0.05) is 19.4 Å². The fourth-order valence-corrected chi connectivity index (χ4v) is 7.14. The molecule has 0 aliphatic carbocycles. The molecule has 0 fully saturated rings. The predicted molar refractivity (Wildman–Crippen MR) is 234 cm³/mol. The molecule has 15 nitrogen and oxygen atoms in total. The van der Waals surface area contributed by atoms with Crippen LogP contribution in [0.5, 0.6) is 0 Å². The molecular weight excluding hydrogens is 838 g/mol. The normalized spacial score (nSPS) is 14.6. The Morgan fingerprint density at radius 1 is 0.750 bits per heavy atom. The number of aliphatic hydroxyl groups excluding tert-OH is 1. The molecule has 1 unspecified atom stereocenters. The second-order valence-corrected chi connectivity index (χ2v) is 17.5. The van der Waals surface area contributed by atoms with Crippen LogP contribution in [-0.4, -0.2) is 114 Å². The van der Waals surface area contributed by atoms with Crippen molar-refractivity contribution < 1.29 is 56.6 Å². The van der Waals surface area contributed by atoms with Gasteiger partial charge in [-0.05, 0) is 54.2 Å². The molecule has 0 aliphatic heterocycles. The van der Waals surface area contributed by atoms with E-state index in [0.29, 0.717) is 18.4 Å². The number of aliphatic hydroxyl groups is 1. The van der Waals surface area contributed by atoms with Crippen molar-refractivity contribution in [2.45, 2.75) is 137 Å². The number of likely N-dealkylation sites (N-methyl/N-ethyl adjacent to an activating group) is 1. The van der Waals surface area contributed by atoms with Gasteiger partial charge >= 0.3 is 6.18 Å². The largest absolute Gasteiger partial charge is 0.394 e. The summed E-state index contributed by atoms with van der Waals surface area (Å²) in [5, 5.41) is 22.6. The summed E-state index contributed by atoms with van der Waals surface area (Å²) >= 11 is 0. The molecule has 64 heavy (non-hydrogen) atoms. The minimum atomic E-state index is -4.76. The molecule has 0 bridgehead atoms. The summed E-state index contributed by atoms with van der Waals surface area (Å²) in [6, 6.07) is 7.23. The summed E-state index contributed by atoms with van der Waals surface area (Å²) in [6.07, 6.45) is -5.52. The van der Waals surface area contributed by atoms with E-state index in [1.54, 1.807) is 77.1 Å². The van der Waals surface area contributed by atoms with Gasteiger partial charge in [-0.1, -0.05) is 103 Å². The Morgan fingerprint density at radius 3 is 1.81 bits per heavy atom. The molecule has 0 aromatic heterocycles. The molecule has 6 atom stereocenters. The lowest BCUT2D eigenvalue weighted by atomic mass is 9.84. The van der Waals surface area contributed by atoms with Crippen LogP contribution in [0.1, 0.15) is 90.8 Å². The molecular formula is C46H67F3N6O9. The zero-order chi connectivity index (χ0) is 48.4. The standard InChI is InChI=1S/C46H67F3N6O9/c1-10-31(11-2)39(58)53-36(25-57)41(60)54-37(27-64-26-30-18-13-12-14-19-30)42(61)52-35(22-32-20-16-15-17-29(32)5)44(63)55(9)38(45(6,7)8)43(62)51-34(21-28(3)4)40(59)50-33(24-56)23-46(47,48)49/h12-20,24,28,31,33-38,57H,10-11,21-23,25-27H2,1-9H3,(H,50,59)(H,51,62)(H,52,61)(H,53,58)(H,54,60)/t33?,34-,35-,36-,37+,38+/m0/s1. The van der Waals surface area contributed by atoms with Crippen LogP contribution in [0.15, 0.2) is 54.6 Å². The summed E-state index contributed by atoms with van der Waals surface area (Å²) in [7, 11) is 1.34. The fourth-order valence-electron chi connectivity index (χ4n) is 7.14. The van der Waals surface area contributed by atoms with Gasteiger partial charge < -0.3 is 46.1 Å². The average molecular weight is 905 g/mol. The lowest BCUT2D eigenvalue weighted by Crippen LogP contribution is -2.63. The van der Waals surface area contributed by atoms with E-state index >= 15 is 0 Å². The number of aldehydes is 1. The third-order valence-corrected chi connectivity index (χ3v) is 10.6. The van der Waals surface area contributed by atoms with Crippen molar-refractivity contribution in [2.75, 3.05) is 20.3 Å². The van der Waals surface area contributed by atoms with Crippen LogP contribution < -0.4 is 26.6 Å². The minimum absolute atomic E-state index is 0.0201. The number of rotatable bonds is 25. The average Bonchev–Trinajstić information content (AvgIpc) is 3.21. The first-order valence-corrected chi connectivity index (χ1v) is 21.5. The maximum Gasteiger partial charge on any atom is 0.391 e. The van der Waals surface area contributed by atoms with Crippen molar-refractivity contribution in [3.05, 3.63) is 71.3 Å². The Hall–Kier alpha value is -5.36. The summed E-state index contributed by atoms with van der Waals surface area (Å²) in [4.78, 5) is 95.8. The monoisotopic (exact) mass is 904 g/mol. The number of halogens is 3. The van der Waals surface area contributed by atoms with Gasteiger partial charge in [-0.2, -0.15) is 13.2 Å². The van der Waals surface area contributed by atoms with Crippen LogP contribution in [0, 0.1) is 24.2 Å². The van der Waals surface area contributed by atoms with E-state index in [1.807, 2.05) is 32.9 Å². The van der Waals surface area contributed by atoms with Crippen molar-refractivity contribution in [2.24, 2.45) is 17.3 Å². The number of nitrogens with one attached hydrogen (secondary N) is 5. The quantitative estimate of drug-likeness (QED) is 0.0802. The Morgan fingerprint density at radius 2 is 1.28 bits per heavy atom. The molecule has 6 N–H and O–H groups in total. The highest BCUT2D eigenvalue weighted by Gasteiger charge is 2.42. The van der Waals surface area contributed by atoms with Crippen molar-refractivity contribution in [3.63, 3.8) is 0 Å². The topological polar surface area (TPSA) is 212 Å².